The van der Waals surface area contributed by atoms with E-state index in [-0.39, 0.29) is 12.2 Å². The van der Waals surface area contributed by atoms with Gasteiger partial charge in [-0.05, 0) is 55.7 Å². The van der Waals surface area contributed by atoms with Crippen LogP contribution in [0.1, 0.15) is 23.6 Å². The maximum atomic E-state index is 13.7. The lowest BCUT2D eigenvalue weighted by Crippen LogP contribution is -2.30. The van der Waals surface area contributed by atoms with Crippen LogP contribution in [0.2, 0.25) is 0 Å². The Kier molecular flexibility index (Phi) is 6.33. The second kappa shape index (κ2) is 8.47. The van der Waals surface area contributed by atoms with Gasteiger partial charge in [0.25, 0.3) is 5.91 Å². The number of aryl methyl sites for hydroxylation is 2. The molecule has 26 heavy (non-hydrogen) atoms. The first-order valence-corrected chi connectivity index (χ1v) is 8.20. The van der Waals surface area contributed by atoms with Crippen molar-refractivity contribution in [3.05, 3.63) is 58.9 Å². The molecule has 0 aliphatic heterocycles. The Labute approximate surface area is 152 Å². The summed E-state index contributed by atoms with van der Waals surface area (Å²) < 4.78 is 23.6. The fraction of sp³-hybridized carbons (Fsp3) is 0.300. The molecule has 0 unspecified atom stereocenters. The Hall–Kier alpha value is -2.89. The van der Waals surface area contributed by atoms with Gasteiger partial charge >= 0.3 is 5.97 Å². The van der Waals surface area contributed by atoms with Crippen LogP contribution in [0.3, 0.4) is 0 Å². The van der Waals surface area contributed by atoms with Crippen molar-refractivity contribution in [3.8, 4) is 5.75 Å². The summed E-state index contributed by atoms with van der Waals surface area (Å²) in [4.78, 5) is 24.2. The second-order valence-electron chi connectivity index (χ2n) is 6.09. The number of carbonyl (C=O) groups excluding carboxylic acids is 2. The Morgan fingerprint density at radius 3 is 2.54 bits per heavy atom. The maximum Gasteiger partial charge on any atom is 0.311 e. The van der Waals surface area contributed by atoms with Gasteiger partial charge in [0.1, 0.15) is 0 Å². The third-order valence-electron chi connectivity index (χ3n) is 3.89. The second-order valence-corrected chi connectivity index (χ2v) is 6.09. The summed E-state index contributed by atoms with van der Waals surface area (Å²) in [6.07, 6.45) is -1.10. The van der Waals surface area contributed by atoms with Gasteiger partial charge in [0.05, 0.1) is 13.5 Å². The van der Waals surface area contributed by atoms with Crippen molar-refractivity contribution >= 4 is 17.6 Å². The molecule has 0 aliphatic carbocycles. The third-order valence-corrected chi connectivity index (χ3v) is 3.89. The lowest BCUT2D eigenvalue weighted by Gasteiger charge is -2.15. The van der Waals surface area contributed by atoms with Gasteiger partial charge in [-0.3, -0.25) is 9.59 Å². The average molecular weight is 359 g/mol. The first kappa shape index (κ1) is 19.4. The molecule has 0 bridgehead atoms. The van der Waals surface area contributed by atoms with Crippen LogP contribution in [0.25, 0.3) is 0 Å². The number of anilines is 1. The van der Waals surface area contributed by atoms with E-state index in [1.165, 1.54) is 26.2 Å². The highest BCUT2D eigenvalue weighted by Crippen LogP contribution is 2.19. The molecule has 0 radical (unpaired) electrons. The van der Waals surface area contributed by atoms with Crippen LogP contribution in [0.5, 0.6) is 5.75 Å². The Morgan fingerprint density at radius 2 is 1.88 bits per heavy atom. The smallest absolute Gasteiger partial charge is 0.311 e. The molecule has 138 valence electrons. The molecule has 2 aromatic carbocycles. The van der Waals surface area contributed by atoms with Gasteiger partial charge in [0.15, 0.2) is 17.7 Å². The maximum absolute atomic E-state index is 13.7. The number of hydrogen-bond donors (Lipinski definition) is 1. The number of ether oxygens (including phenoxy) is 2. The standard InChI is InChI=1S/C20H22FNO4/c1-12-5-6-13(2)17(9-12)22-20(24)14(3)26-19(23)11-15-7-8-18(25-4)16(21)10-15/h5-10,14H,11H2,1-4H3,(H,22,24)/t14-/m1/s1. The van der Waals surface area contributed by atoms with Crippen molar-refractivity contribution < 1.29 is 23.5 Å². The molecule has 0 aliphatic rings. The minimum atomic E-state index is -0.967. The van der Waals surface area contributed by atoms with Crippen molar-refractivity contribution in [3.63, 3.8) is 0 Å². The van der Waals surface area contributed by atoms with Gasteiger partial charge in [-0.25, -0.2) is 4.39 Å². The van der Waals surface area contributed by atoms with E-state index < -0.39 is 23.8 Å². The molecule has 0 spiro atoms. The third kappa shape index (κ3) is 5.05. The van der Waals surface area contributed by atoms with Crippen LogP contribution >= 0.6 is 0 Å². The summed E-state index contributed by atoms with van der Waals surface area (Å²) in [5, 5.41) is 2.75. The summed E-state index contributed by atoms with van der Waals surface area (Å²) in [6, 6.07) is 9.92. The molecule has 2 rings (SSSR count). The number of benzene rings is 2. The molecular formula is C20H22FNO4. The minimum Gasteiger partial charge on any atom is -0.494 e. The Morgan fingerprint density at radius 1 is 1.15 bits per heavy atom. The van der Waals surface area contributed by atoms with Crippen molar-refractivity contribution in [1.82, 2.24) is 0 Å². The first-order chi connectivity index (χ1) is 12.3. The van der Waals surface area contributed by atoms with E-state index in [1.807, 2.05) is 32.0 Å². The largest absolute Gasteiger partial charge is 0.494 e. The van der Waals surface area contributed by atoms with Gasteiger partial charge in [0, 0.05) is 5.69 Å². The number of halogens is 1. The lowest BCUT2D eigenvalue weighted by atomic mass is 10.1. The first-order valence-electron chi connectivity index (χ1n) is 8.20. The predicted molar refractivity (Wildman–Crippen MR) is 96.8 cm³/mol. The van der Waals surface area contributed by atoms with Crippen molar-refractivity contribution in [2.24, 2.45) is 0 Å². The van der Waals surface area contributed by atoms with E-state index in [4.69, 9.17) is 9.47 Å². The molecule has 1 N–H and O–H groups in total. The van der Waals surface area contributed by atoms with Gasteiger partial charge in [0.2, 0.25) is 0 Å². The molecule has 0 saturated heterocycles. The topological polar surface area (TPSA) is 64.6 Å². The van der Waals surface area contributed by atoms with Crippen LogP contribution in [-0.4, -0.2) is 25.1 Å². The Bertz CT molecular complexity index is 819. The van der Waals surface area contributed by atoms with Crippen LogP contribution < -0.4 is 10.1 Å². The molecule has 1 amide bonds. The van der Waals surface area contributed by atoms with Crippen molar-refractivity contribution in [2.75, 3.05) is 12.4 Å². The fourth-order valence-electron chi connectivity index (χ4n) is 2.38. The van der Waals surface area contributed by atoms with Gasteiger partial charge in [-0.15, -0.1) is 0 Å². The number of rotatable bonds is 6. The zero-order valence-corrected chi connectivity index (χ0v) is 15.3. The summed E-state index contributed by atoms with van der Waals surface area (Å²) in [5.74, 6) is -1.49. The van der Waals surface area contributed by atoms with Gasteiger partial charge < -0.3 is 14.8 Å². The molecule has 0 saturated carbocycles. The zero-order chi connectivity index (χ0) is 19.3. The number of esters is 1. The summed E-state index contributed by atoms with van der Waals surface area (Å²) in [7, 11) is 1.36. The van der Waals surface area contributed by atoms with E-state index in [1.54, 1.807) is 6.07 Å². The number of methoxy groups -OCH3 is 1. The normalized spacial score (nSPS) is 11.6. The molecule has 6 heteroatoms. The van der Waals surface area contributed by atoms with Gasteiger partial charge in [-0.2, -0.15) is 0 Å². The van der Waals surface area contributed by atoms with Crippen molar-refractivity contribution in [2.45, 2.75) is 33.3 Å². The average Bonchev–Trinajstić information content (AvgIpc) is 2.58. The van der Waals surface area contributed by atoms with E-state index in [0.717, 1.165) is 11.1 Å². The molecule has 0 fully saturated rings. The van der Waals surface area contributed by atoms with Crippen LogP contribution in [0.4, 0.5) is 10.1 Å². The lowest BCUT2D eigenvalue weighted by molar-refractivity contribution is -0.152. The molecule has 0 aromatic heterocycles. The van der Waals surface area contributed by atoms with E-state index in [9.17, 15) is 14.0 Å². The molecule has 1 atom stereocenters. The summed E-state index contributed by atoms with van der Waals surface area (Å²) in [6.45, 7) is 5.30. The van der Waals surface area contributed by atoms with Crippen LogP contribution in [0, 0.1) is 19.7 Å². The molecule has 2 aromatic rings. The summed E-state index contributed by atoms with van der Waals surface area (Å²) in [5.41, 5.74) is 3.04. The molecular weight excluding hydrogens is 337 g/mol. The summed E-state index contributed by atoms with van der Waals surface area (Å²) >= 11 is 0. The highest BCUT2D eigenvalue weighted by molar-refractivity contribution is 5.95. The molecule has 5 nitrogen and oxygen atoms in total. The highest BCUT2D eigenvalue weighted by atomic mass is 19.1. The predicted octanol–water partition coefficient (Wildman–Crippen LogP) is 3.56. The highest BCUT2D eigenvalue weighted by Gasteiger charge is 2.19. The van der Waals surface area contributed by atoms with E-state index in [0.29, 0.717) is 11.3 Å². The number of carbonyl (C=O) groups is 2. The minimum absolute atomic E-state index is 0.100. The van der Waals surface area contributed by atoms with E-state index in [2.05, 4.69) is 5.32 Å². The van der Waals surface area contributed by atoms with Gasteiger partial charge in [-0.1, -0.05) is 18.2 Å². The monoisotopic (exact) mass is 359 g/mol. The van der Waals surface area contributed by atoms with Crippen molar-refractivity contribution in [1.29, 1.82) is 0 Å². The van der Waals surface area contributed by atoms with Crippen LogP contribution in [-0.2, 0) is 20.7 Å². The van der Waals surface area contributed by atoms with Crippen LogP contribution in [0.15, 0.2) is 36.4 Å². The number of amides is 1. The van der Waals surface area contributed by atoms with E-state index >= 15 is 0 Å². The quantitative estimate of drug-likeness (QED) is 0.801. The zero-order valence-electron chi connectivity index (χ0n) is 15.3. The number of hydrogen-bond acceptors (Lipinski definition) is 4. The SMILES string of the molecule is COc1ccc(CC(=O)O[C@H](C)C(=O)Nc2cc(C)ccc2C)cc1F. The number of nitrogens with one attached hydrogen (secondary N) is 1. The Balaban J connectivity index is 1.94. The fourth-order valence-corrected chi connectivity index (χ4v) is 2.38. The molecule has 0 heterocycles.